The van der Waals surface area contributed by atoms with Crippen LogP contribution < -0.4 is 11.1 Å². The molecule has 0 saturated carbocycles. The van der Waals surface area contributed by atoms with E-state index in [1.807, 2.05) is 0 Å². The Labute approximate surface area is 141 Å². The van der Waals surface area contributed by atoms with Crippen molar-refractivity contribution in [3.05, 3.63) is 64.0 Å². The van der Waals surface area contributed by atoms with Crippen molar-refractivity contribution in [1.29, 1.82) is 0 Å². The smallest absolute Gasteiger partial charge is 0.339 e. The number of nitrogen functional groups attached to an aromatic ring is 1. The van der Waals surface area contributed by atoms with Crippen LogP contribution in [0.3, 0.4) is 0 Å². The Balaban J connectivity index is 2.04. The maximum atomic E-state index is 12.8. The van der Waals surface area contributed by atoms with Crippen LogP contribution in [0.2, 0.25) is 0 Å². The minimum atomic E-state index is -1.17. The van der Waals surface area contributed by atoms with Gasteiger partial charge in [0.25, 0.3) is 11.6 Å². The molecule has 25 heavy (non-hydrogen) atoms. The monoisotopic (exact) mass is 347 g/mol. The number of halogens is 1. The summed E-state index contributed by atoms with van der Waals surface area (Å²) in [4.78, 5) is 34.1. The molecular formula is C16H14FN3O5. The van der Waals surface area contributed by atoms with Gasteiger partial charge in [0, 0.05) is 11.8 Å². The fraction of sp³-hybridized carbons (Fsp3) is 0.125. The molecule has 3 N–H and O–H groups in total. The van der Waals surface area contributed by atoms with Crippen LogP contribution in [0.25, 0.3) is 0 Å². The highest BCUT2D eigenvalue weighted by atomic mass is 19.1. The molecule has 0 bridgehead atoms. The average molecular weight is 347 g/mol. The molecule has 1 amide bonds. The van der Waals surface area contributed by atoms with Gasteiger partial charge in [0.2, 0.25) is 0 Å². The van der Waals surface area contributed by atoms with E-state index in [-0.39, 0.29) is 11.3 Å². The summed E-state index contributed by atoms with van der Waals surface area (Å²) in [5.41, 5.74) is 5.15. The summed E-state index contributed by atoms with van der Waals surface area (Å²) in [7, 11) is 0. The Bertz CT molecular complexity index is 823. The number of hydrogen-bond donors (Lipinski definition) is 2. The first-order valence-electron chi connectivity index (χ1n) is 7.09. The molecule has 0 aliphatic heterocycles. The summed E-state index contributed by atoms with van der Waals surface area (Å²) >= 11 is 0. The van der Waals surface area contributed by atoms with Crippen LogP contribution >= 0.6 is 0 Å². The van der Waals surface area contributed by atoms with Gasteiger partial charge in [-0.25, -0.2) is 9.18 Å². The molecular weight excluding hydrogens is 333 g/mol. The zero-order valence-electron chi connectivity index (χ0n) is 13.1. The van der Waals surface area contributed by atoms with Gasteiger partial charge in [-0.3, -0.25) is 14.9 Å². The Morgan fingerprint density at radius 1 is 1.24 bits per heavy atom. The predicted octanol–water partition coefficient (Wildman–Crippen LogP) is 2.50. The third-order valence-corrected chi connectivity index (χ3v) is 3.23. The van der Waals surface area contributed by atoms with Crippen molar-refractivity contribution in [3.8, 4) is 0 Å². The standard InChI is InChI=1S/C16H14FN3O5/c1-9(15(21)19-12-5-3-11(17)4-6-12)25-16(22)10-2-7-13(18)14(8-10)20(23)24/h2-9H,18H2,1H3,(H,19,21)/t9-/m0/s1. The number of amides is 1. The zero-order chi connectivity index (χ0) is 18.6. The molecule has 0 aliphatic rings. The third kappa shape index (κ3) is 4.50. The van der Waals surface area contributed by atoms with Crippen molar-refractivity contribution < 1.29 is 23.6 Å². The molecule has 0 aliphatic carbocycles. The Morgan fingerprint density at radius 2 is 1.88 bits per heavy atom. The van der Waals surface area contributed by atoms with E-state index in [1.54, 1.807) is 0 Å². The first kappa shape index (κ1) is 17.9. The van der Waals surface area contributed by atoms with Gasteiger partial charge in [-0.15, -0.1) is 0 Å². The van der Waals surface area contributed by atoms with E-state index in [1.165, 1.54) is 43.3 Å². The molecule has 8 nitrogen and oxygen atoms in total. The van der Waals surface area contributed by atoms with Gasteiger partial charge in [0.15, 0.2) is 6.10 Å². The number of nitrogens with one attached hydrogen (secondary N) is 1. The molecule has 0 fully saturated rings. The number of carbonyl (C=O) groups is 2. The minimum Gasteiger partial charge on any atom is -0.449 e. The number of nitro groups is 1. The summed E-state index contributed by atoms with van der Waals surface area (Å²) in [6, 6.07) is 8.48. The van der Waals surface area contributed by atoms with Gasteiger partial charge in [-0.1, -0.05) is 0 Å². The van der Waals surface area contributed by atoms with Gasteiger partial charge in [-0.2, -0.15) is 0 Å². The van der Waals surface area contributed by atoms with Crippen molar-refractivity contribution in [2.24, 2.45) is 0 Å². The van der Waals surface area contributed by atoms with Crippen LogP contribution in [0.4, 0.5) is 21.5 Å². The largest absolute Gasteiger partial charge is 0.449 e. The maximum Gasteiger partial charge on any atom is 0.339 e. The Hall–Kier alpha value is -3.49. The molecule has 0 saturated heterocycles. The lowest BCUT2D eigenvalue weighted by Crippen LogP contribution is -2.30. The predicted molar refractivity (Wildman–Crippen MR) is 87.4 cm³/mol. The van der Waals surface area contributed by atoms with Crippen molar-refractivity contribution in [3.63, 3.8) is 0 Å². The summed E-state index contributed by atoms with van der Waals surface area (Å²) < 4.78 is 17.8. The lowest BCUT2D eigenvalue weighted by atomic mass is 10.2. The fourth-order valence-corrected chi connectivity index (χ4v) is 1.89. The SMILES string of the molecule is C[C@H](OC(=O)c1ccc(N)c([N+](=O)[O-])c1)C(=O)Nc1ccc(F)cc1. The quantitative estimate of drug-likeness (QED) is 0.370. The first-order chi connectivity index (χ1) is 11.8. The van der Waals surface area contributed by atoms with E-state index in [4.69, 9.17) is 10.5 Å². The van der Waals surface area contributed by atoms with Crippen LogP contribution in [0.1, 0.15) is 17.3 Å². The van der Waals surface area contributed by atoms with Crippen molar-refractivity contribution in [2.75, 3.05) is 11.1 Å². The Kier molecular flexibility index (Phi) is 5.28. The van der Waals surface area contributed by atoms with Gasteiger partial charge in [0.1, 0.15) is 11.5 Å². The van der Waals surface area contributed by atoms with Crippen LogP contribution in [0, 0.1) is 15.9 Å². The molecule has 0 unspecified atom stereocenters. The molecule has 130 valence electrons. The summed E-state index contributed by atoms with van der Waals surface area (Å²) in [5.74, 6) is -2.00. The maximum absolute atomic E-state index is 12.8. The first-order valence-corrected chi connectivity index (χ1v) is 7.09. The van der Waals surface area contributed by atoms with E-state index >= 15 is 0 Å². The number of benzene rings is 2. The third-order valence-electron chi connectivity index (χ3n) is 3.23. The van der Waals surface area contributed by atoms with E-state index in [0.717, 1.165) is 6.07 Å². The molecule has 1 atom stereocenters. The lowest BCUT2D eigenvalue weighted by molar-refractivity contribution is -0.383. The molecule has 2 rings (SSSR count). The second-order valence-corrected chi connectivity index (χ2v) is 5.07. The summed E-state index contributed by atoms with van der Waals surface area (Å²) in [5, 5.41) is 13.3. The number of nitrogens with zero attached hydrogens (tertiary/aromatic N) is 1. The second kappa shape index (κ2) is 7.39. The van der Waals surface area contributed by atoms with E-state index in [9.17, 15) is 24.1 Å². The zero-order valence-corrected chi connectivity index (χ0v) is 13.1. The van der Waals surface area contributed by atoms with Gasteiger partial charge in [-0.05, 0) is 43.3 Å². The molecule has 2 aromatic carbocycles. The molecule has 9 heteroatoms. The molecule has 0 aromatic heterocycles. The number of carbonyl (C=O) groups excluding carboxylic acids is 2. The Morgan fingerprint density at radius 3 is 2.48 bits per heavy atom. The molecule has 0 heterocycles. The van der Waals surface area contributed by atoms with Crippen molar-refractivity contribution in [2.45, 2.75) is 13.0 Å². The topological polar surface area (TPSA) is 125 Å². The lowest BCUT2D eigenvalue weighted by Gasteiger charge is -2.13. The number of anilines is 2. The summed E-state index contributed by atoms with van der Waals surface area (Å²) in [6.45, 7) is 1.34. The van der Waals surface area contributed by atoms with Gasteiger partial charge < -0.3 is 15.8 Å². The van der Waals surface area contributed by atoms with Gasteiger partial charge >= 0.3 is 5.97 Å². The van der Waals surface area contributed by atoms with E-state index in [0.29, 0.717) is 5.69 Å². The van der Waals surface area contributed by atoms with E-state index < -0.39 is 34.4 Å². The van der Waals surface area contributed by atoms with Crippen LogP contribution in [-0.2, 0) is 9.53 Å². The van der Waals surface area contributed by atoms with Crippen molar-refractivity contribution in [1.82, 2.24) is 0 Å². The highest BCUT2D eigenvalue weighted by Gasteiger charge is 2.21. The highest BCUT2D eigenvalue weighted by molar-refractivity contribution is 5.97. The number of rotatable bonds is 5. The highest BCUT2D eigenvalue weighted by Crippen LogP contribution is 2.23. The number of hydrogen-bond acceptors (Lipinski definition) is 6. The number of esters is 1. The molecule has 0 radical (unpaired) electrons. The minimum absolute atomic E-state index is 0.0938. The van der Waals surface area contributed by atoms with E-state index in [2.05, 4.69) is 5.32 Å². The van der Waals surface area contributed by atoms with Gasteiger partial charge in [0.05, 0.1) is 10.5 Å². The summed E-state index contributed by atoms with van der Waals surface area (Å²) in [6.07, 6.45) is -1.17. The molecule has 0 spiro atoms. The second-order valence-electron chi connectivity index (χ2n) is 5.07. The number of nitrogens with two attached hydrogens (primary N) is 1. The fourth-order valence-electron chi connectivity index (χ4n) is 1.89. The average Bonchev–Trinajstić information content (AvgIpc) is 2.56. The van der Waals surface area contributed by atoms with Crippen LogP contribution in [-0.4, -0.2) is 22.9 Å². The van der Waals surface area contributed by atoms with Crippen LogP contribution in [0.5, 0.6) is 0 Å². The number of nitro benzene ring substituents is 1. The van der Waals surface area contributed by atoms with Crippen LogP contribution in [0.15, 0.2) is 42.5 Å². The normalized spacial score (nSPS) is 11.4. The van der Waals surface area contributed by atoms with Crippen molar-refractivity contribution >= 4 is 28.9 Å². The number of ether oxygens (including phenoxy) is 1. The molecule has 2 aromatic rings.